The molecule has 1 saturated carbocycles. The standard InChI is InChI=1S/C14H19ClN2O/c15-12-6-10-3-4-18-14(10)11(7-12)8-13(17-16)5-9-1-2-9/h6-7,9,13,17H,1-5,8,16H2. The van der Waals surface area contributed by atoms with Crippen LogP contribution in [0.3, 0.4) is 0 Å². The number of hydrazine groups is 1. The van der Waals surface area contributed by atoms with E-state index in [-0.39, 0.29) is 0 Å². The van der Waals surface area contributed by atoms with E-state index in [0.29, 0.717) is 6.04 Å². The molecule has 3 rings (SSSR count). The van der Waals surface area contributed by atoms with Crippen molar-refractivity contribution in [2.45, 2.75) is 38.1 Å². The Morgan fingerprint density at radius 3 is 3.00 bits per heavy atom. The van der Waals surface area contributed by atoms with Gasteiger partial charge in [-0.25, -0.2) is 0 Å². The van der Waals surface area contributed by atoms with Crippen molar-refractivity contribution in [2.75, 3.05) is 6.61 Å². The maximum Gasteiger partial charge on any atom is 0.125 e. The summed E-state index contributed by atoms with van der Waals surface area (Å²) >= 11 is 6.17. The number of halogens is 1. The molecule has 1 aromatic rings. The van der Waals surface area contributed by atoms with E-state index in [2.05, 4.69) is 5.43 Å². The van der Waals surface area contributed by atoms with Gasteiger partial charge in [0.15, 0.2) is 0 Å². The van der Waals surface area contributed by atoms with E-state index in [1.807, 2.05) is 12.1 Å². The molecule has 0 saturated heterocycles. The Bertz CT molecular complexity index is 446. The van der Waals surface area contributed by atoms with Crippen molar-refractivity contribution < 1.29 is 4.74 Å². The molecule has 1 heterocycles. The smallest absolute Gasteiger partial charge is 0.125 e. The molecule has 3 N–H and O–H groups in total. The summed E-state index contributed by atoms with van der Waals surface area (Å²) in [4.78, 5) is 0. The van der Waals surface area contributed by atoms with Gasteiger partial charge in [0.2, 0.25) is 0 Å². The number of hydrogen-bond acceptors (Lipinski definition) is 3. The first-order valence-corrected chi connectivity index (χ1v) is 7.04. The van der Waals surface area contributed by atoms with Crippen molar-refractivity contribution in [1.29, 1.82) is 0 Å². The van der Waals surface area contributed by atoms with Gasteiger partial charge in [0, 0.05) is 17.5 Å². The van der Waals surface area contributed by atoms with Crippen molar-refractivity contribution >= 4 is 11.6 Å². The number of benzene rings is 1. The van der Waals surface area contributed by atoms with Crippen LogP contribution >= 0.6 is 11.6 Å². The Labute approximate surface area is 113 Å². The fraction of sp³-hybridized carbons (Fsp3) is 0.571. The van der Waals surface area contributed by atoms with Gasteiger partial charge in [0.1, 0.15) is 5.75 Å². The SMILES string of the molecule is NNC(Cc1cc(Cl)cc2c1OCC2)CC1CC1. The molecule has 0 bridgehead atoms. The molecule has 3 nitrogen and oxygen atoms in total. The molecule has 1 fully saturated rings. The average molecular weight is 267 g/mol. The van der Waals surface area contributed by atoms with Crippen LogP contribution in [0.15, 0.2) is 12.1 Å². The van der Waals surface area contributed by atoms with Crippen LogP contribution < -0.4 is 16.0 Å². The summed E-state index contributed by atoms with van der Waals surface area (Å²) in [7, 11) is 0. The molecule has 0 spiro atoms. The van der Waals surface area contributed by atoms with E-state index in [1.165, 1.54) is 24.0 Å². The summed E-state index contributed by atoms with van der Waals surface area (Å²) in [6.07, 6.45) is 5.71. The van der Waals surface area contributed by atoms with Gasteiger partial charge >= 0.3 is 0 Å². The van der Waals surface area contributed by atoms with Crippen molar-refractivity contribution in [1.82, 2.24) is 5.43 Å². The number of ether oxygens (including phenoxy) is 1. The minimum absolute atomic E-state index is 0.323. The van der Waals surface area contributed by atoms with Crippen LogP contribution in [-0.2, 0) is 12.8 Å². The van der Waals surface area contributed by atoms with Crippen LogP contribution in [-0.4, -0.2) is 12.6 Å². The van der Waals surface area contributed by atoms with Crippen LogP contribution in [0.4, 0.5) is 0 Å². The van der Waals surface area contributed by atoms with Gasteiger partial charge in [-0.2, -0.15) is 0 Å². The van der Waals surface area contributed by atoms with Gasteiger partial charge < -0.3 is 4.74 Å². The summed E-state index contributed by atoms with van der Waals surface area (Å²) in [5.41, 5.74) is 5.36. The van der Waals surface area contributed by atoms with Crippen LogP contribution in [0.25, 0.3) is 0 Å². The first kappa shape index (κ1) is 12.3. The molecule has 98 valence electrons. The quantitative estimate of drug-likeness (QED) is 0.636. The maximum absolute atomic E-state index is 6.17. The van der Waals surface area contributed by atoms with Gasteiger partial charge in [-0.15, -0.1) is 0 Å². The molecule has 4 heteroatoms. The van der Waals surface area contributed by atoms with E-state index in [4.69, 9.17) is 22.2 Å². The van der Waals surface area contributed by atoms with Crippen LogP contribution in [0.1, 0.15) is 30.4 Å². The summed E-state index contributed by atoms with van der Waals surface area (Å²) < 4.78 is 5.72. The van der Waals surface area contributed by atoms with E-state index >= 15 is 0 Å². The molecule has 18 heavy (non-hydrogen) atoms. The number of fused-ring (bicyclic) bond motifs is 1. The second kappa shape index (κ2) is 5.08. The van der Waals surface area contributed by atoms with Crippen LogP contribution in [0, 0.1) is 5.92 Å². The molecule has 0 amide bonds. The summed E-state index contributed by atoms with van der Waals surface area (Å²) in [6, 6.07) is 4.35. The van der Waals surface area contributed by atoms with Gasteiger partial charge in [-0.1, -0.05) is 24.4 Å². The summed E-state index contributed by atoms with van der Waals surface area (Å²) in [5.74, 6) is 7.55. The predicted octanol–water partition coefficient (Wildman–Crippen LogP) is 2.45. The third kappa shape index (κ3) is 2.63. The van der Waals surface area contributed by atoms with E-state index in [0.717, 1.165) is 42.6 Å². The fourth-order valence-corrected chi connectivity index (χ4v) is 2.99. The highest BCUT2D eigenvalue weighted by molar-refractivity contribution is 6.30. The number of rotatable bonds is 5. The molecular formula is C14H19ClN2O. The molecule has 1 atom stereocenters. The number of hydrogen-bond donors (Lipinski definition) is 2. The third-order valence-electron chi connectivity index (χ3n) is 3.84. The van der Waals surface area contributed by atoms with E-state index in [1.54, 1.807) is 0 Å². The van der Waals surface area contributed by atoms with Crippen LogP contribution in [0.2, 0.25) is 5.02 Å². The molecule has 1 unspecified atom stereocenters. The van der Waals surface area contributed by atoms with Gasteiger partial charge in [-0.05, 0) is 42.0 Å². The van der Waals surface area contributed by atoms with Crippen molar-refractivity contribution in [3.63, 3.8) is 0 Å². The Morgan fingerprint density at radius 2 is 2.28 bits per heavy atom. The maximum atomic E-state index is 6.17. The fourth-order valence-electron chi connectivity index (χ4n) is 2.73. The monoisotopic (exact) mass is 266 g/mol. The zero-order chi connectivity index (χ0) is 12.5. The lowest BCUT2D eigenvalue weighted by atomic mass is 9.98. The second-order valence-electron chi connectivity index (χ2n) is 5.40. The molecule has 0 radical (unpaired) electrons. The zero-order valence-corrected chi connectivity index (χ0v) is 11.2. The molecule has 1 aromatic carbocycles. The van der Waals surface area contributed by atoms with E-state index < -0.39 is 0 Å². The first-order chi connectivity index (χ1) is 8.76. The minimum atomic E-state index is 0.323. The second-order valence-corrected chi connectivity index (χ2v) is 5.83. The summed E-state index contributed by atoms with van der Waals surface area (Å²) in [6.45, 7) is 0.770. The minimum Gasteiger partial charge on any atom is -0.493 e. The number of nitrogens with two attached hydrogens (primary N) is 1. The Kier molecular flexibility index (Phi) is 3.46. The normalized spacial score (nSPS) is 19.4. The highest BCUT2D eigenvalue weighted by Crippen LogP contribution is 2.37. The third-order valence-corrected chi connectivity index (χ3v) is 4.06. The lowest BCUT2D eigenvalue weighted by Gasteiger charge is -2.17. The molecule has 2 aliphatic rings. The molecule has 1 aliphatic carbocycles. The summed E-state index contributed by atoms with van der Waals surface area (Å²) in [5, 5.41) is 0.802. The van der Waals surface area contributed by atoms with Crippen molar-refractivity contribution in [3.05, 3.63) is 28.3 Å². The molecular weight excluding hydrogens is 248 g/mol. The van der Waals surface area contributed by atoms with Crippen LogP contribution in [0.5, 0.6) is 5.75 Å². The lowest BCUT2D eigenvalue weighted by Crippen LogP contribution is -2.37. The van der Waals surface area contributed by atoms with Gasteiger partial charge in [-0.3, -0.25) is 11.3 Å². The topological polar surface area (TPSA) is 47.3 Å². The molecule has 1 aliphatic heterocycles. The van der Waals surface area contributed by atoms with Gasteiger partial charge in [0.25, 0.3) is 0 Å². The Hall–Kier alpha value is -0.770. The first-order valence-electron chi connectivity index (χ1n) is 6.66. The zero-order valence-electron chi connectivity index (χ0n) is 10.4. The largest absolute Gasteiger partial charge is 0.493 e. The average Bonchev–Trinajstić information content (AvgIpc) is 3.03. The molecule has 0 aromatic heterocycles. The van der Waals surface area contributed by atoms with E-state index in [9.17, 15) is 0 Å². The van der Waals surface area contributed by atoms with Crippen molar-refractivity contribution in [2.24, 2.45) is 11.8 Å². The highest BCUT2D eigenvalue weighted by atomic mass is 35.5. The predicted molar refractivity (Wildman–Crippen MR) is 72.8 cm³/mol. The Balaban J connectivity index is 1.78. The Morgan fingerprint density at radius 1 is 1.44 bits per heavy atom. The highest BCUT2D eigenvalue weighted by Gasteiger charge is 2.26. The lowest BCUT2D eigenvalue weighted by molar-refractivity contribution is 0.350. The van der Waals surface area contributed by atoms with Gasteiger partial charge in [0.05, 0.1) is 6.61 Å². The number of nitrogens with one attached hydrogen (secondary N) is 1. The van der Waals surface area contributed by atoms with Crippen molar-refractivity contribution in [3.8, 4) is 5.75 Å².